The first kappa shape index (κ1) is 71.9. The zero-order valence-corrected chi connectivity index (χ0v) is 56.5. The molecule has 0 aliphatic carbocycles. The second kappa shape index (κ2) is 27.4. The van der Waals surface area contributed by atoms with Crippen molar-refractivity contribution in [3.05, 3.63) is 73.7 Å². The number of aromatic nitrogens is 12. The first-order valence-electron chi connectivity index (χ1n) is 26.2. The molecule has 0 saturated carbocycles. The summed E-state index contributed by atoms with van der Waals surface area (Å²) in [6.45, 7) is -3.43. The molecule has 18 atom stereocenters. The number of fused-ring (bicyclic) bond motifs is 6. The number of nitrogens with zero attached hydrogens (tertiary/aromatic N) is 8. The Morgan fingerprint density at radius 3 is 1.16 bits per heavy atom. The molecule has 0 radical (unpaired) electrons. The molecule has 12 rings (SSSR count). The van der Waals surface area contributed by atoms with E-state index in [1.807, 2.05) is 0 Å². The number of nitrogens with one attached hydrogen (secondary N) is 8. The standard InChI is InChI=1S/2C20H26N10O13P2S2.W/c2*21-19-26-13-7(15(33)28-19)24-6-12(47)11(46)5(41-17(6)25-13)2-40-45(37,38)43-44(35,36)39-1-4-9(31)10(32)18(42-4)30-3-23-8-14(30)27-20(22)29-16(8)34;/h2*3-6,9-10,17-18,24,31-32,46-47H,1-2H2,(H,35,36)(H,37,38)(H3,22,27,29,34)(H4,21,25,26,28,33);/p-4/t2*4-,5?,6?,9-,10-,17?,18-;/m11./s1. The molecular weight excluding hydrogens is 1610 g/mol. The molecule has 0 bridgehead atoms. The minimum atomic E-state index is -5.39. The Balaban J connectivity index is 0.000000205. The van der Waals surface area contributed by atoms with Crippen molar-refractivity contribution in [1.82, 2.24) is 59.0 Å². The van der Waals surface area contributed by atoms with Crippen molar-refractivity contribution in [3.63, 3.8) is 0 Å². The van der Waals surface area contributed by atoms with Gasteiger partial charge in [0.1, 0.15) is 48.0 Å². The van der Waals surface area contributed by atoms with E-state index in [0.717, 1.165) is 21.8 Å². The first-order valence-corrected chi connectivity index (χ1v) is 33.8. The number of anilines is 8. The van der Waals surface area contributed by atoms with E-state index >= 15 is 0 Å². The van der Waals surface area contributed by atoms with E-state index in [0.29, 0.717) is 0 Å². The van der Waals surface area contributed by atoms with Gasteiger partial charge in [0.25, 0.3) is 22.2 Å². The van der Waals surface area contributed by atoms with Crippen LogP contribution in [-0.2, 0) is 136 Å². The van der Waals surface area contributed by atoms with Crippen LogP contribution < -0.4 is 66.4 Å². The van der Waals surface area contributed by atoms with Crippen LogP contribution in [0.4, 0.5) is 46.8 Å². The zero-order chi connectivity index (χ0) is 68.0. The number of aliphatic hydroxyl groups is 4. The van der Waals surface area contributed by atoms with Gasteiger partial charge < -0.3 is 154 Å². The number of rotatable bonds is 18. The second-order valence-electron chi connectivity index (χ2n) is 20.3. The van der Waals surface area contributed by atoms with Crippen molar-refractivity contribution in [3.8, 4) is 0 Å². The number of nitrogens with two attached hydrogens (primary N) is 4. The van der Waals surface area contributed by atoms with Crippen molar-refractivity contribution < 1.29 is 125 Å². The third-order valence-corrected chi connectivity index (χ3v) is 21.4. The van der Waals surface area contributed by atoms with Crippen molar-refractivity contribution in [2.24, 2.45) is 0 Å². The van der Waals surface area contributed by atoms with Crippen LogP contribution in [0.1, 0.15) is 12.5 Å². The molecule has 0 aromatic carbocycles. The third kappa shape index (κ3) is 15.1. The van der Waals surface area contributed by atoms with Crippen LogP contribution in [0.15, 0.2) is 51.5 Å². The van der Waals surface area contributed by atoms with Gasteiger partial charge in [-0.2, -0.15) is 48.2 Å². The molecule has 0 spiro atoms. The predicted octanol–water partition coefficient (Wildman–Crippen LogP) is -5.66. The molecule has 24 N–H and O–H groups in total. The molecule has 6 aliphatic heterocycles. The topological polar surface area (TPSA) is 693 Å². The summed E-state index contributed by atoms with van der Waals surface area (Å²) in [6, 6.07) is -1.63. The first-order chi connectivity index (χ1) is 44.1. The molecule has 6 aromatic heterocycles. The minimum Gasteiger partial charge on any atom is -0.783 e. The Morgan fingerprint density at radius 1 is 0.474 bits per heavy atom. The summed E-state index contributed by atoms with van der Waals surface area (Å²) in [5.41, 5.74) is 19.4. The van der Waals surface area contributed by atoms with Crippen molar-refractivity contribution >= 4 is 151 Å². The minimum absolute atomic E-state index is 0. The molecule has 2 saturated heterocycles. The second-order valence-corrected chi connectivity index (χ2v) is 28.1. The Bertz CT molecular complexity index is 4240. The summed E-state index contributed by atoms with van der Waals surface area (Å²) >= 11 is 21.4. The number of hydrogen-bond acceptors (Lipinski definition) is 40. The fourth-order valence-electron chi connectivity index (χ4n) is 9.79. The summed E-state index contributed by atoms with van der Waals surface area (Å²) in [5.74, 6) is -0.790. The van der Waals surface area contributed by atoms with E-state index < -0.39 is 166 Å². The van der Waals surface area contributed by atoms with Crippen LogP contribution in [0, 0.1) is 0 Å². The van der Waals surface area contributed by atoms with Crippen LogP contribution in [0.2, 0.25) is 0 Å². The molecule has 55 heteroatoms. The summed E-state index contributed by atoms with van der Waals surface area (Å²) in [5, 5.41) is 53.4. The molecule has 518 valence electrons. The normalized spacial score (nSPS) is 29.4. The molecule has 12 heterocycles. The van der Waals surface area contributed by atoms with Gasteiger partial charge in [0.05, 0.1) is 63.4 Å². The van der Waals surface area contributed by atoms with Crippen LogP contribution in [-0.4, -0.2) is 199 Å². The van der Waals surface area contributed by atoms with E-state index in [9.17, 15) is 77.4 Å². The Kier molecular flexibility index (Phi) is 20.8. The monoisotopic (exact) mass is 1660 g/mol. The van der Waals surface area contributed by atoms with Crippen LogP contribution in [0.5, 0.6) is 0 Å². The Morgan fingerprint density at radius 2 is 0.800 bits per heavy atom. The van der Waals surface area contributed by atoms with Gasteiger partial charge in [-0.3, -0.25) is 66.3 Å². The number of ether oxygens (including phenoxy) is 4. The van der Waals surface area contributed by atoms with Gasteiger partial charge in [0, 0.05) is 21.1 Å². The van der Waals surface area contributed by atoms with E-state index in [2.05, 4.69) is 79.7 Å². The molecule has 6 aromatic rings. The molecule has 10 unspecified atom stereocenters. The summed E-state index contributed by atoms with van der Waals surface area (Å²) < 4.78 is 103. The van der Waals surface area contributed by atoms with Crippen LogP contribution >= 0.6 is 31.3 Å². The van der Waals surface area contributed by atoms with Crippen molar-refractivity contribution in [1.29, 1.82) is 0 Å². The predicted molar refractivity (Wildman–Crippen MR) is 324 cm³/mol. The number of aromatic amines is 4. The molecule has 6 aliphatic rings. The number of imidazole rings is 2. The van der Waals surface area contributed by atoms with Gasteiger partial charge in [0.15, 0.2) is 58.9 Å². The fraction of sp³-hybridized carbons (Fsp3) is 0.450. The number of hydrogen-bond donors (Lipinski definition) is 20. The van der Waals surface area contributed by atoms with Crippen molar-refractivity contribution in [2.75, 3.05) is 70.6 Å². The average Bonchev–Trinajstić information content (AvgIpc) is 1.63. The van der Waals surface area contributed by atoms with Gasteiger partial charge in [-0.15, -0.1) is 0 Å². The Hall–Kier alpha value is -5.89. The zero-order valence-electron chi connectivity index (χ0n) is 46.7. The fourth-order valence-corrected chi connectivity index (χ4v) is 15.1. The van der Waals surface area contributed by atoms with Gasteiger partial charge in [-0.25, -0.2) is 28.2 Å². The number of H-pyrrole nitrogens is 4. The van der Waals surface area contributed by atoms with Crippen LogP contribution in [0.3, 0.4) is 0 Å². The smallest absolute Gasteiger partial charge is 0.481 e. The molecular formula is C40H48N20O26P4S4W-4. The van der Waals surface area contributed by atoms with E-state index in [4.69, 9.17) is 110 Å². The van der Waals surface area contributed by atoms with Crippen LogP contribution in [0.25, 0.3) is 22.3 Å². The Labute approximate surface area is 562 Å². The van der Waals surface area contributed by atoms with E-state index in [1.165, 1.54) is 0 Å². The van der Waals surface area contributed by atoms with E-state index in [1.54, 1.807) is 0 Å². The third-order valence-electron chi connectivity index (χ3n) is 14.0. The maximum atomic E-state index is 12.6. The van der Waals surface area contributed by atoms with Gasteiger partial charge >= 0.3 is 31.3 Å². The maximum absolute atomic E-state index is 12.6. The largest absolute Gasteiger partial charge is 0.783 e. The maximum Gasteiger partial charge on any atom is 0.481 e. The number of phosphoric acid groups is 4. The van der Waals surface area contributed by atoms with Gasteiger partial charge in [-0.05, 0) is 0 Å². The van der Waals surface area contributed by atoms with Crippen molar-refractivity contribution in [2.45, 2.75) is 85.8 Å². The molecule has 2 fully saturated rings. The number of aliphatic hydroxyl groups excluding tert-OH is 4. The van der Waals surface area contributed by atoms with Gasteiger partial charge in [0.2, 0.25) is 23.8 Å². The molecule has 0 amide bonds. The SMILES string of the molecule is Nc1nc2c(c(=O)[nH]1)NC1C([S-])=C([S-])C(COP(=O)(O)OP(=O)(O)OC[C@H]3O[C@@H](n4cnc5c(=O)[nH]c(N)nc54)[C@H](O)[C@@H]3O)OC1N2.Nc1nc2c(c(=O)[nH]1)NC1C([S-])=C([S-])C(COP(=O)(O)OP(=O)(O)OC[C@H]3O[C@@H](n4cnc5c(=O)[nH]c(N)nc54)[C@H](O)[C@@H]3O)OC1N2.[W]. The number of nitrogen functional groups attached to an aromatic ring is 4. The molecule has 46 nitrogen and oxygen atoms in total. The summed E-state index contributed by atoms with van der Waals surface area (Å²) in [7, 11) is -21.5. The van der Waals surface area contributed by atoms with Gasteiger partial charge in [-0.1, -0.05) is 0 Å². The molecule has 95 heavy (non-hydrogen) atoms. The average molecular weight is 1660 g/mol. The van der Waals surface area contributed by atoms with E-state index in [-0.39, 0.29) is 110 Å². The number of phosphoric ester groups is 4. The summed E-state index contributed by atoms with van der Waals surface area (Å²) in [4.78, 5) is 122. The quantitative estimate of drug-likeness (QED) is 0.0282. The summed E-state index contributed by atoms with van der Waals surface area (Å²) in [6.07, 6.45) is -14.8.